The fourth-order valence-electron chi connectivity index (χ4n) is 3.75. The maximum Gasteiger partial charge on any atom is 0.270 e. The lowest BCUT2D eigenvalue weighted by atomic mass is 10.1. The second-order valence-electron chi connectivity index (χ2n) is 7.96. The van der Waals surface area contributed by atoms with Crippen molar-refractivity contribution >= 4 is 16.8 Å². The molecule has 2 N–H and O–H groups in total. The number of carbonyl (C=O) groups excluding carboxylic acids is 1. The van der Waals surface area contributed by atoms with Gasteiger partial charge in [-0.05, 0) is 67.8 Å². The predicted octanol–water partition coefficient (Wildman–Crippen LogP) is 5.19. The monoisotopic (exact) mass is 434 g/mol. The molecule has 0 spiro atoms. The Balaban J connectivity index is 1.22. The number of carbonyl (C=O) groups is 1. The third kappa shape index (κ3) is 4.99. The van der Waals surface area contributed by atoms with Gasteiger partial charge in [-0.2, -0.15) is 5.10 Å². The second-order valence-corrected chi connectivity index (χ2v) is 7.96. The van der Waals surface area contributed by atoms with Gasteiger partial charge in [-0.1, -0.05) is 6.42 Å². The number of H-pyrrole nitrogens is 2. The molecule has 0 atom stereocenters. The molecule has 4 aromatic rings. The van der Waals surface area contributed by atoms with E-state index in [-0.39, 0.29) is 11.7 Å². The Bertz CT molecular complexity index is 1200. The van der Waals surface area contributed by atoms with Gasteiger partial charge < -0.3 is 14.6 Å². The van der Waals surface area contributed by atoms with E-state index in [0.29, 0.717) is 12.2 Å². The molecule has 7 heteroatoms. The van der Waals surface area contributed by atoms with E-state index in [0.717, 1.165) is 59.3 Å². The Kier molecular flexibility index (Phi) is 6.54. The van der Waals surface area contributed by atoms with Crippen LogP contribution in [0.5, 0.6) is 5.75 Å². The molecule has 6 nitrogen and oxygen atoms in total. The summed E-state index contributed by atoms with van der Waals surface area (Å²) < 4.78 is 18.3. The van der Waals surface area contributed by atoms with Crippen molar-refractivity contribution in [3.63, 3.8) is 0 Å². The minimum absolute atomic E-state index is 0.0160. The third-order valence-corrected chi connectivity index (χ3v) is 5.62. The lowest BCUT2D eigenvalue weighted by molar-refractivity contribution is 0.0787. The number of ether oxygens (including phenoxy) is 1. The van der Waals surface area contributed by atoms with Gasteiger partial charge >= 0.3 is 0 Å². The smallest absolute Gasteiger partial charge is 0.270 e. The molecule has 0 bridgehead atoms. The zero-order valence-corrected chi connectivity index (χ0v) is 18.3. The average Bonchev–Trinajstić information content (AvgIpc) is 3.45. The summed E-state index contributed by atoms with van der Waals surface area (Å²) in [6, 6.07) is 15.9. The van der Waals surface area contributed by atoms with Crippen molar-refractivity contribution in [2.24, 2.45) is 0 Å². The molecule has 0 aliphatic heterocycles. The van der Waals surface area contributed by atoms with Gasteiger partial charge in [0.2, 0.25) is 0 Å². The molecule has 0 saturated carbocycles. The van der Waals surface area contributed by atoms with Gasteiger partial charge in [-0.3, -0.25) is 9.89 Å². The van der Waals surface area contributed by atoms with Gasteiger partial charge in [0.15, 0.2) is 0 Å². The van der Waals surface area contributed by atoms with Crippen LogP contribution >= 0.6 is 0 Å². The molecule has 0 fully saturated rings. The third-order valence-electron chi connectivity index (χ3n) is 5.62. The summed E-state index contributed by atoms with van der Waals surface area (Å²) in [6.45, 7) is 0.696. The lowest BCUT2D eigenvalue weighted by Gasteiger charge is -2.16. The molecular formula is C25H27FN4O2. The highest BCUT2D eigenvalue weighted by Gasteiger charge is 2.14. The van der Waals surface area contributed by atoms with E-state index in [1.807, 2.05) is 37.4 Å². The highest BCUT2D eigenvalue weighted by molar-refractivity contribution is 5.98. The van der Waals surface area contributed by atoms with Crippen molar-refractivity contribution in [2.75, 3.05) is 20.7 Å². The summed E-state index contributed by atoms with van der Waals surface area (Å²) in [5, 5.41) is 8.36. The summed E-state index contributed by atoms with van der Waals surface area (Å²) in [6.07, 6.45) is 3.82. The van der Waals surface area contributed by atoms with Crippen molar-refractivity contribution in [3.8, 4) is 17.0 Å². The van der Waals surface area contributed by atoms with Crippen molar-refractivity contribution in [2.45, 2.75) is 25.7 Å². The Hall–Kier alpha value is -3.61. The summed E-state index contributed by atoms with van der Waals surface area (Å²) >= 11 is 0. The van der Waals surface area contributed by atoms with Gasteiger partial charge in [0.25, 0.3) is 5.91 Å². The molecule has 0 radical (unpaired) electrons. The maximum absolute atomic E-state index is 13.1. The second kappa shape index (κ2) is 9.68. The van der Waals surface area contributed by atoms with Gasteiger partial charge in [0.1, 0.15) is 17.3 Å². The highest BCUT2D eigenvalue weighted by atomic mass is 19.1. The molecule has 4 rings (SSSR count). The number of nitrogens with one attached hydrogen (secondary N) is 2. The SMILES string of the molecule is COc1ccc2cc(C(=O)N(C)CCCCCc3cc(-c4ccc(F)cc4)n[nH]3)[nH]c2c1. The minimum Gasteiger partial charge on any atom is -0.497 e. The first-order chi connectivity index (χ1) is 15.5. The van der Waals surface area contributed by atoms with Crippen LogP contribution in [0.2, 0.25) is 0 Å². The summed E-state index contributed by atoms with van der Waals surface area (Å²) in [4.78, 5) is 17.7. The van der Waals surface area contributed by atoms with Crippen LogP contribution in [0.4, 0.5) is 4.39 Å². The Morgan fingerprint density at radius 2 is 1.88 bits per heavy atom. The number of fused-ring (bicyclic) bond motifs is 1. The summed E-state index contributed by atoms with van der Waals surface area (Å²) in [5.41, 5.74) is 4.25. The highest BCUT2D eigenvalue weighted by Crippen LogP contribution is 2.22. The average molecular weight is 435 g/mol. The predicted molar refractivity (Wildman–Crippen MR) is 123 cm³/mol. The normalized spacial score (nSPS) is 11.1. The fraction of sp³-hybridized carbons (Fsp3) is 0.280. The maximum atomic E-state index is 13.1. The number of rotatable bonds is 9. The number of hydrogen-bond donors (Lipinski definition) is 2. The van der Waals surface area contributed by atoms with Crippen LogP contribution in [0.1, 0.15) is 35.4 Å². The standard InChI is InChI=1S/C25H27FN4O2/c1-30(25(31)24-14-18-9-12-21(32-2)16-22(18)27-24)13-5-3-4-6-20-15-23(29-28-20)17-7-10-19(26)11-8-17/h7-12,14-16,27H,3-6,13H2,1-2H3,(H,28,29). The van der Waals surface area contributed by atoms with Crippen molar-refractivity contribution in [3.05, 3.63) is 71.8 Å². The molecule has 2 heterocycles. The first-order valence-electron chi connectivity index (χ1n) is 10.8. The molecule has 0 unspecified atom stereocenters. The number of unbranched alkanes of at least 4 members (excludes halogenated alkanes) is 2. The molecule has 2 aromatic carbocycles. The first-order valence-corrected chi connectivity index (χ1v) is 10.8. The van der Waals surface area contributed by atoms with Crippen LogP contribution in [0, 0.1) is 5.82 Å². The zero-order chi connectivity index (χ0) is 22.5. The van der Waals surface area contributed by atoms with Crippen molar-refractivity contribution < 1.29 is 13.9 Å². The number of halogens is 1. The van der Waals surface area contributed by atoms with Gasteiger partial charge in [0, 0.05) is 41.8 Å². The van der Waals surface area contributed by atoms with Gasteiger partial charge in [-0.25, -0.2) is 4.39 Å². The van der Waals surface area contributed by atoms with E-state index in [1.54, 1.807) is 24.1 Å². The molecule has 1 amide bonds. The quantitative estimate of drug-likeness (QED) is 0.356. The van der Waals surface area contributed by atoms with E-state index in [4.69, 9.17) is 4.74 Å². The summed E-state index contributed by atoms with van der Waals surface area (Å²) in [5.74, 6) is 0.490. The fourth-order valence-corrected chi connectivity index (χ4v) is 3.75. The summed E-state index contributed by atoms with van der Waals surface area (Å²) in [7, 11) is 3.46. The number of benzene rings is 2. The molecule has 0 aliphatic rings. The van der Waals surface area contributed by atoms with Crippen LogP contribution in [0.15, 0.2) is 54.6 Å². The number of aryl methyl sites for hydroxylation is 1. The molecule has 0 aliphatic carbocycles. The Morgan fingerprint density at radius 3 is 2.66 bits per heavy atom. The van der Waals surface area contributed by atoms with E-state index in [9.17, 15) is 9.18 Å². The van der Waals surface area contributed by atoms with E-state index >= 15 is 0 Å². The number of nitrogens with zero attached hydrogens (tertiary/aromatic N) is 2. The molecular weight excluding hydrogens is 407 g/mol. The van der Waals surface area contributed by atoms with E-state index in [1.165, 1.54) is 12.1 Å². The molecule has 2 aromatic heterocycles. The molecule has 32 heavy (non-hydrogen) atoms. The number of aromatic nitrogens is 3. The zero-order valence-electron chi connectivity index (χ0n) is 18.3. The Morgan fingerprint density at radius 1 is 1.06 bits per heavy atom. The number of amides is 1. The van der Waals surface area contributed by atoms with Crippen LogP contribution in [0.25, 0.3) is 22.2 Å². The van der Waals surface area contributed by atoms with Gasteiger partial charge in [0.05, 0.1) is 12.8 Å². The van der Waals surface area contributed by atoms with E-state index < -0.39 is 0 Å². The van der Waals surface area contributed by atoms with Crippen molar-refractivity contribution in [1.29, 1.82) is 0 Å². The Labute approximate surface area is 186 Å². The van der Waals surface area contributed by atoms with Crippen LogP contribution < -0.4 is 4.74 Å². The van der Waals surface area contributed by atoms with Crippen LogP contribution in [-0.4, -0.2) is 46.7 Å². The molecule has 166 valence electrons. The lowest BCUT2D eigenvalue weighted by Crippen LogP contribution is -2.28. The van der Waals surface area contributed by atoms with Crippen LogP contribution in [-0.2, 0) is 6.42 Å². The van der Waals surface area contributed by atoms with Crippen LogP contribution in [0.3, 0.4) is 0 Å². The number of methoxy groups -OCH3 is 1. The number of aromatic amines is 2. The van der Waals surface area contributed by atoms with E-state index in [2.05, 4.69) is 15.2 Å². The topological polar surface area (TPSA) is 74.0 Å². The van der Waals surface area contributed by atoms with Crippen molar-refractivity contribution in [1.82, 2.24) is 20.1 Å². The minimum atomic E-state index is -0.252. The van der Waals surface area contributed by atoms with Gasteiger partial charge in [-0.15, -0.1) is 0 Å². The molecule has 0 saturated heterocycles. The first kappa shape index (κ1) is 21.6. The number of hydrogen-bond acceptors (Lipinski definition) is 3. The largest absolute Gasteiger partial charge is 0.497 e.